The number of esters is 1. The lowest BCUT2D eigenvalue weighted by molar-refractivity contribution is -0.296. The van der Waals surface area contributed by atoms with Crippen LogP contribution < -0.4 is 0 Å². The number of halogens is 1. The van der Waals surface area contributed by atoms with Gasteiger partial charge in [0.2, 0.25) is 0 Å². The molecule has 162 valence electrons. The molecule has 2 aromatic rings. The van der Waals surface area contributed by atoms with E-state index in [1.807, 2.05) is 25.3 Å². The van der Waals surface area contributed by atoms with Crippen LogP contribution in [0, 0.1) is 9.49 Å². The van der Waals surface area contributed by atoms with Crippen molar-refractivity contribution in [2.24, 2.45) is 13.0 Å². The molecule has 0 spiro atoms. The van der Waals surface area contributed by atoms with Crippen LogP contribution in [-0.4, -0.2) is 61.7 Å². The third kappa shape index (κ3) is 2.82. The van der Waals surface area contributed by atoms with Gasteiger partial charge in [-0.15, -0.1) is 6.58 Å². The van der Waals surface area contributed by atoms with E-state index in [9.17, 15) is 4.79 Å². The van der Waals surface area contributed by atoms with Gasteiger partial charge in [0.15, 0.2) is 5.79 Å². The molecule has 30 heavy (non-hydrogen) atoms. The Bertz CT molecular complexity index is 944. The maximum atomic E-state index is 13.6. The molecule has 2 bridgehead atoms. The molecule has 1 aliphatic carbocycles. The van der Waals surface area contributed by atoms with Gasteiger partial charge < -0.3 is 18.8 Å². The quantitative estimate of drug-likeness (QED) is 0.251. The summed E-state index contributed by atoms with van der Waals surface area (Å²) in [6.07, 6.45) is 3.10. The van der Waals surface area contributed by atoms with Crippen molar-refractivity contribution < 1.29 is 19.0 Å². The Balaban J connectivity index is 1.98. The van der Waals surface area contributed by atoms with Gasteiger partial charge in [-0.2, -0.15) is 0 Å². The SMILES string of the molecule is C=CCN1C[C@@H]2C[C@](C(=O)OC)(c3c(I)c4ccccc4n3C)[C@H]1CC2(OC)OC. The third-order valence-electron chi connectivity index (χ3n) is 7.20. The Morgan fingerprint density at radius 2 is 1.97 bits per heavy atom. The number of carbonyl (C=O) groups excluding carboxylic acids is 1. The fraction of sp³-hybridized carbons (Fsp3) is 0.522. The van der Waals surface area contributed by atoms with Crippen molar-refractivity contribution in [3.05, 3.63) is 46.2 Å². The minimum atomic E-state index is -0.814. The van der Waals surface area contributed by atoms with Crippen LogP contribution in [0.1, 0.15) is 18.5 Å². The highest BCUT2D eigenvalue weighted by atomic mass is 127. The summed E-state index contributed by atoms with van der Waals surface area (Å²) in [7, 11) is 6.93. The zero-order chi connectivity index (χ0) is 21.7. The number of carbonyl (C=O) groups is 1. The highest BCUT2D eigenvalue weighted by Crippen LogP contribution is 2.56. The summed E-state index contributed by atoms with van der Waals surface area (Å²) in [5, 5.41) is 1.15. The molecular weight excluding hydrogens is 495 g/mol. The molecule has 0 radical (unpaired) electrons. The van der Waals surface area contributed by atoms with Crippen LogP contribution in [0.5, 0.6) is 0 Å². The maximum Gasteiger partial charge on any atom is 0.319 e. The van der Waals surface area contributed by atoms with Gasteiger partial charge in [-0.3, -0.25) is 9.69 Å². The third-order valence-corrected chi connectivity index (χ3v) is 8.30. The molecule has 0 amide bonds. The first-order valence-corrected chi connectivity index (χ1v) is 11.2. The lowest BCUT2D eigenvalue weighted by Crippen LogP contribution is -2.72. The summed E-state index contributed by atoms with van der Waals surface area (Å²) >= 11 is 2.39. The largest absolute Gasteiger partial charge is 0.468 e. The highest BCUT2D eigenvalue weighted by Gasteiger charge is 2.66. The number of aryl methyl sites for hydroxylation is 1. The molecule has 1 aromatic carbocycles. The van der Waals surface area contributed by atoms with Crippen LogP contribution in [0.2, 0.25) is 0 Å². The average molecular weight is 524 g/mol. The summed E-state index contributed by atoms with van der Waals surface area (Å²) in [5.74, 6) is -0.878. The first-order chi connectivity index (χ1) is 14.4. The molecule has 2 aliphatic heterocycles. The molecule has 0 N–H and O–H groups in total. The summed E-state index contributed by atoms with van der Waals surface area (Å²) in [4.78, 5) is 16.0. The summed E-state index contributed by atoms with van der Waals surface area (Å²) in [6.45, 7) is 5.43. The predicted octanol–water partition coefficient (Wildman–Crippen LogP) is 3.46. The molecular formula is C23H29IN2O4. The van der Waals surface area contributed by atoms with Crippen LogP contribution in [0.25, 0.3) is 10.9 Å². The smallest absolute Gasteiger partial charge is 0.319 e. The average Bonchev–Trinajstić information content (AvgIpc) is 3.04. The Morgan fingerprint density at radius 1 is 1.27 bits per heavy atom. The van der Waals surface area contributed by atoms with Crippen LogP contribution in [0.3, 0.4) is 0 Å². The molecule has 3 fully saturated rings. The van der Waals surface area contributed by atoms with E-state index in [4.69, 9.17) is 14.2 Å². The summed E-state index contributed by atoms with van der Waals surface area (Å²) < 4.78 is 20.6. The number of methoxy groups -OCH3 is 3. The number of hydrogen-bond donors (Lipinski definition) is 0. The van der Waals surface area contributed by atoms with E-state index < -0.39 is 11.2 Å². The molecule has 7 heteroatoms. The first kappa shape index (κ1) is 21.8. The van der Waals surface area contributed by atoms with E-state index in [0.717, 1.165) is 26.7 Å². The molecule has 6 nitrogen and oxygen atoms in total. The maximum absolute atomic E-state index is 13.6. The Morgan fingerprint density at radius 3 is 2.53 bits per heavy atom. The van der Waals surface area contributed by atoms with Crippen molar-refractivity contribution in [3.8, 4) is 0 Å². The van der Waals surface area contributed by atoms with Crippen molar-refractivity contribution in [2.75, 3.05) is 34.4 Å². The summed E-state index contributed by atoms with van der Waals surface area (Å²) in [5.41, 5.74) is 1.31. The molecule has 3 heterocycles. The Labute approximate surface area is 191 Å². The van der Waals surface area contributed by atoms with Gasteiger partial charge in [0, 0.05) is 67.2 Å². The number of rotatable bonds is 6. The number of fused-ring (bicyclic) bond motifs is 4. The van der Waals surface area contributed by atoms with Crippen LogP contribution in [0.15, 0.2) is 36.9 Å². The van der Waals surface area contributed by atoms with Gasteiger partial charge in [0.1, 0.15) is 5.41 Å². The Hall–Kier alpha value is -1.42. The van der Waals surface area contributed by atoms with Crippen molar-refractivity contribution in [1.82, 2.24) is 9.47 Å². The van der Waals surface area contributed by atoms with E-state index in [1.165, 1.54) is 7.11 Å². The van der Waals surface area contributed by atoms with Crippen LogP contribution in [0.4, 0.5) is 0 Å². The zero-order valence-electron chi connectivity index (χ0n) is 18.0. The lowest BCUT2D eigenvalue weighted by Gasteiger charge is -2.61. The highest BCUT2D eigenvalue weighted by molar-refractivity contribution is 14.1. The fourth-order valence-electron chi connectivity index (χ4n) is 5.89. The molecule has 1 saturated carbocycles. The molecule has 0 unspecified atom stereocenters. The monoisotopic (exact) mass is 524 g/mol. The molecule has 1 aromatic heterocycles. The number of piperidine rings is 2. The predicted molar refractivity (Wildman–Crippen MR) is 124 cm³/mol. The summed E-state index contributed by atoms with van der Waals surface area (Å²) in [6, 6.07) is 8.15. The zero-order valence-corrected chi connectivity index (χ0v) is 20.1. The van der Waals surface area contributed by atoms with E-state index in [1.54, 1.807) is 14.2 Å². The molecule has 3 aliphatic rings. The number of benzene rings is 1. The topological polar surface area (TPSA) is 52.9 Å². The second-order valence-corrected chi connectivity index (χ2v) is 9.36. The van der Waals surface area contributed by atoms with Gasteiger partial charge in [-0.25, -0.2) is 0 Å². The first-order valence-electron chi connectivity index (χ1n) is 10.2. The number of hydrogen-bond acceptors (Lipinski definition) is 5. The van der Waals surface area contributed by atoms with E-state index >= 15 is 0 Å². The van der Waals surface area contributed by atoms with Crippen molar-refractivity contribution in [3.63, 3.8) is 0 Å². The number of ether oxygens (including phenoxy) is 3. The Kier molecular flexibility index (Phi) is 5.76. The van der Waals surface area contributed by atoms with Crippen molar-refractivity contribution in [2.45, 2.75) is 30.1 Å². The van der Waals surface area contributed by atoms with Crippen LogP contribution >= 0.6 is 22.6 Å². The van der Waals surface area contributed by atoms with Gasteiger partial charge in [0.05, 0.1) is 12.8 Å². The lowest BCUT2D eigenvalue weighted by atomic mass is 9.58. The minimum Gasteiger partial charge on any atom is -0.468 e. The van der Waals surface area contributed by atoms with Crippen molar-refractivity contribution >= 4 is 39.5 Å². The molecule has 3 atom stereocenters. The molecule has 2 saturated heterocycles. The second-order valence-electron chi connectivity index (χ2n) is 8.29. The van der Waals surface area contributed by atoms with Gasteiger partial charge >= 0.3 is 5.97 Å². The second kappa shape index (κ2) is 7.93. The number of nitrogens with zero attached hydrogens (tertiary/aromatic N) is 2. The normalized spacial score (nSPS) is 28.0. The number of aromatic nitrogens is 1. The van der Waals surface area contributed by atoms with Gasteiger partial charge in [0.25, 0.3) is 0 Å². The van der Waals surface area contributed by atoms with Gasteiger partial charge in [-0.05, 0) is 35.1 Å². The van der Waals surface area contributed by atoms with Gasteiger partial charge in [-0.1, -0.05) is 24.3 Å². The standard InChI is InChI=1S/C23H29IN2O4/c1-6-11-26-14-15-12-22(21(27)28-3,18(26)13-23(15,29-4)30-5)20-19(24)16-9-7-8-10-17(16)25(20)2/h6-10,15,18H,1,11-14H2,2-5H3/t15-,18+,22+/m0/s1. The molecule has 5 rings (SSSR count). The van der Waals surface area contributed by atoms with E-state index in [0.29, 0.717) is 19.4 Å². The van der Waals surface area contributed by atoms with E-state index in [2.05, 4.69) is 50.8 Å². The van der Waals surface area contributed by atoms with Crippen LogP contribution in [-0.2, 0) is 31.5 Å². The fourth-order valence-corrected chi connectivity index (χ4v) is 7.19. The minimum absolute atomic E-state index is 0.0189. The van der Waals surface area contributed by atoms with E-state index in [-0.39, 0.29) is 17.9 Å². The van der Waals surface area contributed by atoms with Crippen molar-refractivity contribution in [1.29, 1.82) is 0 Å². The number of para-hydroxylation sites is 1.